The highest BCUT2D eigenvalue weighted by Crippen LogP contribution is 2.26. The van der Waals surface area contributed by atoms with Crippen molar-refractivity contribution in [1.82, 2.24) is 9.47 Å². The summed E-state index contributed by atoms with van der Waals surface area (Å²) in [6, 6.07) is 9.63. The van der Waals surface area contributed by atoms with Gasteiger partial charge < -0.3 is 14.4 Å². The SMILES string of the molecule is CC(C)n1ccc2ccc(N3CCCN(C)CC3)cc21. The van der Waals surface area contributed by atoms with Gasteiger partial charge in [0.1, 0.15) is 0 Å². The average molecular weight is 271 g/mol. The molecule has 2 heterocycles. The molecular formula is C17H25N3. The van der Waals surface area contributed by atoms with E-state index in [4.69, 9.17) is 0 Å². The highest BCUT2D eigenvalue weighted by Gasteiger charge is 2.14. The molecular weight excluding hydrogens is 246 g/mol. The Bertz CT molecular complexity index is 585. The van der Waals surface area contributed by atoms with Gasteiger partial charge in [0.15, 0.2) is 0 Å². The minimum Gasteiger partial charge on any atom is -0.370 e. The summed E-state index contributed by atoms with van der Waals surface area (Å²) in [5.74, 6) is 0. The Morgan fingerprint density at radius 1 is 1.00 bits per heavy atom. The molecule has 0 saturated carbocycles. The van der Waals surface area contributed by atoms with E-state index in [1.807, 2.05) is 0 Å². The van der Waals surface area contributed by atoms with Gasteiger partial charge in [0.25, 0.3) is 0 Å². The molecule has 0 amide bonds. The first kappa shape index (κ1) is 13.5. The Kier molecular flexibility index (Phi) is 3.70. The van der Waals surface area contributed by atoms with E-state index in [1.54, 1.807) is 0 Å². The minimum absolute atomic E-state index is 0.512. The van der Waals surface area contributed by atoms with Crippen LogP contribution in [0.4, 0.5) is 5.69 Å². The molecule has 0 atom stereocenters. The fourth-order valence-electron chi connectivity index (χ4n) is 3.09. The number of nitrogens with zero attached hydrogens (tertiary/aromatic N) is 3. The van der Waals surface area contributed by atoms with Gasteiger partial charge in [-0.15, -0.1) is 0 Å². The highest BCUT2D eigenvalue weighted by atomic mass is 15.2. The Labute approximate surface area is 121 Å². The first-order valence-electron chi connectivity index (χ1n) is 7.69. The van der Waals surface area contributed by atoms with Gasteiger partial charge in [0, 0.05) is 37.6 Å². The molecule has 0 radical (unpaired) electrons. The third kappa shape index (κ3) is 2.55. The van der Waals surface area contributed by atoms with Crippen LogP contribution in [0.3, 0.4) is 0 Å². The molecule has 0 aliphatic carbocycles. The van der Waals surface area contributed by atoms with E-state index in [-0.39, 0.29) is 0 Å². The largest absolute Gasteiger partial charge is 0.370 e. The average Bonchev–Trinajstić information content (AvgIpc) is 2.73. The molecule has 1 aromatic carbocycles. The molecule has 1 fully saturated rings. The Morgan fingerprint density at radius 2 is 1.85 bits per heavy atom. The van der Waals surface area contributed by atoms with Crippen molar-refractivity contribution in [3.05, 3.63) is 30.5 Å². The van der Waals surface area contributed by atoms with Crippen molar-refractivity contribution in [2.24, 2.45) is 0 Å². The van der Waals surface area contributed by atoms with Gasteiger partial charge in [-0.25, -0.2) is 0 Å². The molecule has 1 aromatic heterocycles. The van der Waals surface area contributed by atoms with Crippen LogP contribution < -0.4 is 4.90 Å². The number of hydrogen-bond donors (Lipinski definition) is 0. The second kappa shape index (κ2) is 5.49. The summed E-state index contributed by atoms with van der Waals surface area (Å²) in [4.78, 5) is 4.95. The van der Waals surface area contributed by atoms with Crippen LogP contribution in [0.15, 0.2) is 30.5 Å². The first-order chi connectivity index (χ1) is 9.65. The standard InChI is InChI=1S/C17H25N3/c1-14(2)20-10-7-15-5-6-16(13-17(15)20)19-9-4-8-18(3)11-12-19/h5-7,10,13-14H,4,8-9,11-12H2,1-3H3. The molecule has 20 heavy (non-hydrogen) atoms. The summed E-state index contributed by atoms with van der Waals surface area (Å²) in [5, 5.41) is 1.34. The summed E-state index contributed by atoms with van der Waals surface area (Å²) >= 11 is 0. The number of likely N-dealkylation sites (N-methyl/N-ethyl adjacent to an activating group) is 1. The Balaban J connectivity index is 1.93. The minimum atomic E-state index is 0.512. The van der Waals surface area contributed by atoms with Crippen LogP contribution in [0.1, 0.15) is 26.3 Å². The van der Waals surface area contributed by atoms with Gasteiger partial charge in [-0.2, -0.15) is 0 Å². The Morgan fingerprint density at radius 3 is 2.65 bits per heavy atom. The van der Waals surface area contributed by atoms with Gasteiger partial charge in [-0.1, -0.05) is 6.07 Å². The molecule has 0 bridgehead atoms. The van der Waals surface area contributed by atoms with E-state index in [0.717, 1.165) is 19.6 Å². The van der Waals surface area contributed by atoms with Crippen LogP contribution in [0.2, 0.25) is 0 Å². The molecule has 2 aromatic rings. The van der Waals surface area contributed by atoms with Crippen LogP contribution in [-0.4, -0.2) is 42.7 Å². The monoisotopic (exact) mass is 271 g/mol. The van der Waals surface area contributed by atoms with Crippen LogP contribution in [0, 0.1) is 0 Å². The normalized spacial score (nSPS) is 17.9. The predicted octanol–water partition coefficient (Wildman–Crippen LogP) is 3.36. The predicted molar refractivity (Wildman–Crippen MR) is 86.7 cm³/mol. The van der Waals surface area contributed by atoms with Gasteiger partial charge in [0.2, 0.25) is 0 Å². The number of anilines is 1. The summed E-state index contributed by atoms with van der Waals surface area (Å²) in [7, 11) is 2.22. The van der Waals surface area contributed by atoms with Crippen molar-refractivity contribution in [3.63, 3.8) is 0 Å². The molecule has 1 saturated heterocycles. The van der Waals surface area contributed by atoms with E-state index in [2.05, 4.69) is 65.7 Å². The maximum Gasteiger partial charge on any atom is 0.0503 e. The summed E-state index contributed by atoms with van der Waals surface area (Å²) in [5.41, 5.74) is 2.73. The topological polar surface area (TPSA) is 11.4 Å². The van der Waals surface area contributed by atoms with Crippen LogP contribution in [-0.2, 0) is 0 Å². The molecule has 3 nitrogen and oxygen atoms in total. The zero-order valence-electron chi connectivity index (χ0n) is 12.8. The van der Waals surface area contributed by atoms with Crippen molar-refractivity contribution in [1.29, 1.82) is 0 Å². The van der Waals surface area contributed by atoms with E-state index < -0.39 is 0 Å². The lowest BCUT2D eigenvalue weighted by Crippen LogP contribution is -2.28. The zero-order chi connectivity index (χ0) is 14.1. The molecule has 1 aliphatic rings. The van der Waals surface area contributed by atoms with E-state index in [1.165, 1.54) is 29.6 Å². The van der Waals surface area contributed by atoms with Gasteiger partial charge in [0.05, 0.1) is 5.52 Å². The number of aromatic nitrogens is 1. The number of benzene rings is 1. The van der Waals surface area contributed by atoms with Crippen LogP contribution in [0.25, 0.3) is 10.9 Å². The lowest BCUT2D eigenvalue weighted by atomic mass is 10.2. The summed E-state index contributed by atoms with van der Waals surface area (Å²) in [6.07, 6.45) is 3.45. The Hall–Kier alpha value is -1.48. The fourth-order valence-corrected chi connectivity index (χ4v) is 3.09. The maximum atomic E-state index is 2.53. The van der Waals surface area contributed by atoms with E-state index in [0.29, 0.717) is 6.04 Å². The zero-order valence-corrected chi connectivity index (χ0v) is 12.8. The van der Waals surface area contributed by atoms with Crippen LogP contribution in [0.5, 0.6) is 0 Å². The molecule has 108 valence electrons. The summed E-state index contributed by atoms with van der Waals surface area (Å²) in [6.45, 7) is 9.15. The molecule has 0 unspecified atom stereocenters. The van der Waals surface area contributed by atoms with Crippen molar-refractivity contribution in [2.75, 3.05) is 38.1 Å². The fraction of sp³-hybridized carbons (Fsp3) is 0.529. The third-order valence-electron chi connectivity index (χ3n) is 4.35. The smallest absolute Gasteiger partial charge is 0.0503 e. The molecule has 0 N–H and O–H groups in total. The third-order valence-corrected chi connectivity index (χ3v) is 4.35. The van der Waals surface area contributed by atoms with Crippen molar-refractivity contribution in [2.45, 2.75) is 26.3 Å². The lowest BCUT2D eigenvalue weighted by molar-refractivity contribution is 0.360. The molecule has 3 heteroatoms. The molecule has 3 rings (SSSR count). The van der Waals surface area contributed by atoms with Gasteiger partial charge in [-0.05, 0) is 57.4 Å². The second-order valence-electron chi connectivity index (χ2n) is 6.20. The first-order valence-corrected chi connectivity index (χ1v) is 7.69. The summed E-state index contributed by atoms with van der Waals surface area (Å²) < 4.78 is 2.36. The second-order valence-corrected chi connectivity index (χ2v) is 6.20. The van der Waals surface area contributed by atoms with Crippen molar-refractivity contribution >= 4 is 16.6 Å². The van der Waals surface area contributed by atoms with Crippen molar-refractivity contribution < 1.29 is 0 Å². The number of fused-ring (bicyclic) bond motifs is 1. The lowest BCUT2D eigenvalue weighted by Gasteiger charge is -2.23. The molecule has 1 aliphatic heterocycles. The van der Waals surface area contributed by atoms with Crippen LogP contribution >= 0.6 is 0 Å². The van der Waals surface area contributed by atoms with Crippen molar-refractivity contribution in [3.8, 4) is 0 Å². The van der Waals surface area contributed by atoms with Gasteiger partial charge in [-0.3, -0.25) is 0 Å². The van der Waals surface area contributed by atoms with E-state index in [9.17, 15) is 0 Å². The highest BCUT2D eigenvalue weighted by molar-refractivity contribution is 5.84. The van der Waals surface area contributed by atoms with Gasteiger partial charge >= 0.3 is 0 Å². The maximum absolute atomic E-state index is 2.53. The number of rotatable bonds is 2. The quantitative estimate of drug-likeness (QED) is 0.829. The van der Waals surface area contributed by atoms with E-state index >= 15 is 0 Å². The number of hydrogen-bond acceptors (Lipinski definition) is 2. The molecule has 0 spiro atoms.